The molecule has 5 nitrogen and oxygen atoms in total. The maximum absolute atomic E-state index is 14.2. The van der Waals surface area contributed by atoms with Crippen LogP contribution in [0.5, 0.6) is 5.75 Å². The van der Waals surface area contributed by atoms with E-state index in [4.69, 9.17) is 4.74 Å². The Balaban J connectivity index is 1.87. The van der Waals surface area contributed by atoms with E-state index in [9.17, 15) is 13.6 Å². The summed E-state index contributed by atoms with van der Waals surface area (Å²) in [6.07, 6.45) is 3.86. The van der Waals surface area contributed by atoms with Crippen LogP contribution in [0.15, 0.2) is 36.4 Å². The van der Waals surface area contributed by atoms with Crippen LogP contribution in [0.1, 0.15) is 43.0 Å². The molecule has 0 radical (unpaired) electrons. The monoisotopic (exact) mass is 461 g/mol. The van der Waals surface area contributed by atoms with Crippen LogP contribution in [0.25, 0.3) is 10.2 Å². The summed E-state index contributed by atoms with van der Waals surface area (Å²) >= 11 is 1.11. The van der Waals surface area contributed by atoms with Crippen LogP contribution in [0.3, 0.4) is 0 Å². The highest BCUT2D eigenvalue weighted by Gasteiger charge is 2.23. The van der Waals surface area contributed by atoms with Crippen LogP contribution >= 0.6 is 11.3 Å². The van der Waals surface area contributed by atoms with Gasteiger partial charge in [-0.25, -0.2) is 13.8 Å². The van der Waals surface area contributed by atoms with Crippen molar-refractivity contribution in [1.82, 2.24) is 9.88 Å². The lowest BCUT2D eigenvalue weighted by atomic mass is 10.2. The molecule has 0 atom stereocenters. The first-order chi connectivity index (χ1) is 15.4. The third kappa shape index (κ3) is 6.23. The Labute approximate surface area is 191 Å². The van der Waals surface area contributed by atoms with Crippen LogP contribution in [0, 0.1) is 11.6 Å². The van der Waals surface area contributed by atoms with Crippen molar-refractivity contribution in [3.8, 4) is 5.75 Å². The minimum absolute atomic E-state index is 0.0739. The molecule has 0 fully saturated rings. The summed E-state index contributed by atoms with van der Waals surface area (Å²) in [6.45, 7) is 3.91. The molecule has 8 heteroatoms. The summed E-state index contributed by atoms with van der Waals surface area (Å²) in [4.78, 5) is 21.3. The molecular formula is C24H29F2N3O2S. The number of rotatable bonds is 11. The maximum atomic E-state index is 14.2. The van der Waals surface area contributed by atoms with Gasteiger partial charge in [0.1, 0.15) is 17.1 Å². The van der Waals surface area contributed by atoms with Gasteiger partial charge in [0, 0.05) is 18.2 Å². The van der Waals surface area contributed by atoms with E-state index in [-0.39, 0.29) is 11.4 Å². The molecule has 32 heavy (non-hydrogen) atoms. The van der Waals surface area contributed by atoms with Crippen LogP contribution in [0.2, 0.25) is 0 Å². The number of aromatic nitrogens is 1. The quantitative estimate of drug-likeness (QED) is 0.342. The number of halogens is 2. The zero-order chi connectivity index (χ0) is 23.1. The first kappa shape index (κ1) is 24.1. The van der Waals surface area contributed by atoms with Crippen molar-refractivity contribution in [2.45, 2.75) is 32.6 Å². The second-order valence-corrected chi connectivity index (χ2v) is 8.94. The predicted octanol–water partition coefficient (Wildman–Crippen LogP) is 5.74. The summed E-state index contributed by atoms with van der Waals surface area (Å²) in [5, 5.41) is 0.350. The summed E-state index contributed by atoms with van der Waals surface area (Å²) in [5.74, 6) is -1.01. The lowest BCUT2D eigenvalue weighted by Crippen LogP contribution is -2.33. The number of thiazole rings is 1. The second-order valence-electron chi connectivity index (χ2n) is 7.93. The molecule has 0 saturated heterocycles. The predicted molar refractivity (Wildman–Crippen MR) is 126 cm³/mol. The van der Waals surface area contributed by atoms with Crippen molar-refractivity contribution < 1.29 is 18.3 Å². The highest BCUT2D eigenvalue weighted by Crippen LogP contribution is 2.32. The Kier molecular flexibility index (Phi) is 8.53. The lowest BCUT2D eigenvalue weighted by Gasteiger charge is -2.21. The van der Waals surface area contributed by atoms with Gasteiger partial charge >= 0.3 is 0 Å². The van der Waals surface area contributed by atoms with Gasteiger partial charge < -0.3 is 9.64 Å². The molecule has 0 unspecified atom stereocenters. The third-order valence-electron chi connectivity index (χ3n) is 4.96. The number of fused-ring (bicyclic) bond motifs is 1. The van der Waals surface area contributed by atoms with Crippen molar-refractivity contribution in [3.63, 3.8) is 0 Å². The summed E-state index contributed by atoms with van der Waals surface area (Å²) < 4.78 is 34.0. The molecule has 3 aromatic rings. The van der Waals surface area contributed by atoms with Crippen molar-refractivity contribution in [2.75, 3.05) is 38.7 Å². The number of hydrogen-bond acceptors (Lipinski definition) is 5. The minimum atomic E-state index is -0.731. The number of hydrogen-bond donors (Lipinski definition) is 0. The molecule has 0 N–H and O–H groups in total. The summed E-state index contributed by atoms with van der Waals surface area (Å²) in [7, 11) is 3.92. The zero-order valence-corrected chi connectivity index (χ0v) is 19.6. The number of unbranched alkanes of at least 4 members (excludes halogenated alkanes) is 2. The molecule has 0 bridgehead atoms. The highest BCUT2D eigenvalue weighted by atomic mass is 32.1. The zero-order valence-electron chi connectivity index (χ0n) is 18.7. The molecule has 1 heterocycles. The second kappa shape index (κ2) is 11.3. The van der Waals surface area contributed by atoms with E-state index < -0.39 is 11.6 Å². The number of carbonyl (C=O) groups is 1. The smallest absolute Gasteiger partial charge is 0.260 e. The van der Waals surface area contributed by atoms with Crippen molar-refractivity contribution in [3.05, 3.63) is 53.6 Å². The molecule has 3 rings (SSSR count). The minimum Gasteiger partial charge on any atom is -0.494 e. The standard InChI is InChI=1S/C24H29F2N3O2S/c1-4-5-6-13-31-19-10-7-9-17(14-19)23(30)29(12-8-11-28(2)3)24-27-22-20(26)15-18(25)16-21(22)32-24/h7,9-10,14-16H,4-6,8,11-13H2,1-3H3. The largest absolute Gasteiger partial charge is 0.494 e. The molecule has 0 aliphatic heterocycles. The van der Waals surface area contributed by atoms with Gasteiger partial charge in [-0.2, -0.15) is 0 Å². The Morgan fingerprint density at radius 3 is 2.66 bits per heavy atom. The van der Waals surface area contributed by atoms with E-state index in [1.54, 1.807) is 23.1 Å². The number of anilines is 1. The van der Waals surface area contributed by atoms with E-state index in [1.165, 1.54) is 6.07 Å². The van der Waals surface area contributed by atoms with Crippen LogP contribution in [0.4, 0.5) is 13.9 Å². The topological polar surface area (TPSA) is 45.7 Å². The number of amides is 1. The number of nitrogens with zero attached hydrogens (tertiary/aromatic N) is 3. The lowest BCUT2D eigenvalue weighted by molar-refractivity contribution is 0.0985. The van der Waals surface area contributed by atoms with Gasteiger partial charge in [0.25, 0.3) is 5.91 Å². The van der Waals surface area contributed by atoms with Gasteiger partial charge in [0.2, 0.25) is 0 Å². The van der Waals surface area contributed by atoms with E-state index in [2.05, 4.69) is 11.9 Å². The molecule has 1 aromatic heterocycles. The molecule has 172 valence electrons. The van der Waals surface area contributed by atoms with Gasteiger partial charge in [-0.3, -0.25) is 9.69 Å². The van der Waals surface area contributed by atoms with Gasteiger partial charge in [-0.15, -0.1) is 0 Å². The number of ether oxygens (including phenoxy) is 1. The van der Waals surface area contributed by atoms with Crippen LogP contribution in [-0.4, -0.2) is 49.6 Å². The fraction of sp³-hybridized carbons (Fsp3) is 0.417. The van der Waals surface area contributed by atoms with Crippen molar-refractivity contribution >= 4 is 32.6 Å². The van der Waals surface area contributed by atoms with E-state index in [1.807, 2.05) is 25.1 Å². The molecule has 1 amide bonds. The SMILES string of the molecule is CCCCCOc1cccc(C(=O)N(CCCN(C)C)c2nc3c(F)cc(F)cc3s2)c1. The van der Waals surface area contributed by atoms with Gasteiger partial charge in [-0.05, 0) is 57.7 Å². The van der Waals surface area contributed by atoms with Crippen molar-refractivity contribution in [2.24, 2.45) is 0 Å². The summed E-state index contributed by atoms with van der Waals surface area (Å²) in [5.41, 5.74) is 0.540. The van der Waals surface area contributed by atoms with Crippen molar-refractivity contribution in [1.29, 1.82) is 0 Å². The van der Waals surface area contributed by atoms with E-state index >= 15 is 0 Å². The Morgan fingerprint density at radius 1 is 1.09 bits per heavy atom. The highest BCUT2D eigenvalue weighted by molar-refractivity contribution is 7.22. The third-order valence-corrected chi connectivity index (χ3v) is 5.99. The first-order valence-corrected chi connectivity index (χ1v) is 11.7. The van der Waals surface area contributed by atoms with Gasteiger partial charge in [0.15, 0.2) is 10.9 Å². The summed E-state index contributed by atoms with van der Waals surface area (Å²) in [6, 6.07) is 9.12. The normalized spacial score (nSPS) is 11.3. The molecule has 0 aliphatic carbocycles. The Bertz CT molecular complexity index is 1050. The molecular weight excluding hydrogens is 432 g/mol. The first-order valence-electron chi connectivity index (χ1n) is 10.8. The Morgan fingerprint density at radius 2 is 1.91 bits per heavy atom. The van der Waals surface area contributed by atoms with Gasteiger partial charge in [0.05, 0.1) is 11.3 Å². The molecule has 0 saturated carbocycles. The molecule has 0 aliphatic rings. The fourth-order valence-electron chi connectivity index (χ4n) is 3.31. The van der Waals surface area contributed by atoms with Gasteiger partial charge in [-0.1, -0.05) is 37.2 Å². The van der Waals surface area contributed by atoms with Crippen LogP contribution < -0.4 is 9.64 Å². The molecule has 0 spiro atoms. The van der Waals surface area contributed by atoms with Crippen LogP contribution in [-0.2, 0) is 0 Å². The molecule has 2 aromatic carbocycles. The fourth-order valence-corrected chi connectivity index (χ4v) is 4.34. The average Bonchev–Trinajstić information content (AvgIpc) is 3.18. The van der Waals surface area contributed by atoms with E-state index in [0.717, 1.165) is 43.2 Å². The number of carbonyl (C=O) groups excluding carboxylic acids is 1. The van der Waals surface area contributed by atoms with E-state index in [0.29, 0.717) is 40.7 Å². The maximum Gasteiger partial charge on any atom is 0.260 e. The average molecular weight is 462 g/mol. The number of benzene rings is 2. The Hall–Kier alpha value is -2.58.